The molecule has 1 aromatic carbocycles. The molecular formula is C31H43F3N5OP. The van der Waals surface area contributed by atoms with Crippen molar-refractivity contribution in [2.24, 2.45) is 11.8 Å². The smallest absolute Gasteiger partial charge is 0.320 e. The van der Waals surface area contributed by atoms with Crippen molar-refractivity contribution in [1.29, 1.82) is 5.26 Å². The van der Waals surface area contributed by atoms with Crippen LogP contribution in [0.4, 0.5) is 18.0 Å². The van der Waals surface area contributed by atoms with Crippen LogP contribution < -0.4 is 5.32 Å². The maximum Gasteiger partial charge on any atom is 0.415 e. The first kappa shape index (κ1) is 32.8. The number of benzene rings is 1. The summed E-state index contributed by atoms with van der Waals surface area (Å²) in [5.41, 5.74) is -0.147. The maximum atomic E-state index is 13.3. The Morgan fingerprint density at radius 3 is 2.32 bits per heavy atom. The number of urea groups is 1. The Balaban J connectivity index is 0.000000496. The SMILES string of the molecule is C=C(/C=C(\C=C/CP)NC(=O)N(CCN1CCN(CCC)CC1)C1CCC2CC21)C(F)(F)F.N#Cc1ccccc1. The summed E-state index contributed by atoms with van der Waals surface area (Å²) in [6, 6.07) is 11.0. The largest absolute Gasteiger partial charge is 0.415 e. The number of alkyl halides is 3. The van der Waals surface area contributed by atoms with Crippen molar-refractivity contribution in [3.05, 3.63) is 72.0 Å². The lowest BCUT2D eigenvalue weighted by Gasteiger charge is -2.37. The molecule has 4 atom stereocenters. The van der Waals surface area contributed by atoms with Gasteiger partial charge in [0.25, 0.3) is 0 Å². The van der Waals surface area contributed by atoms with Gasteiger partial charge in [-0.3, -0.25) is 4.90 Å². The van der Waals surface area contributed by atoms with Crippen molar-refractivity contribution in [3.63, 3.8) is 0 Å². The van der Waals surface area contributed by atoms with Gasteiger partial charge in [0, 0.05) is 51.0 Å². The number of carbonyl (C=O) groups is 1. The monoisotopic (exact) mass is 589 g/mol. The van der Waals surface area contributed by atoms with Gasteiger partial charge in [0.1, 0.15) is 0 Å². The van der Waals surface area contributed by atoms with E-state index in [0.29, 0.717) is 30.1 Å². The molecule has 0 radical (unpaired) electrons. The van der Waals surface area contributed by atoms with Crippen molar-refractivity contribution < 1.29 is 18.0 Å². The van der Waals surface area contributed by atoms with Crippen LogP contribution in [-0.2, 0) is 0 Å². The van der Waals surface area contributed by atoms with Crippen molar-refractivity contribution >= 4 is 15.3 Å². The molecular weight excluding hydrogens is 546 g/mol. The molecule has 3 fully saturated rings. The standard InChI is InChI=1S/C24H38F3N4OP.C7H5N/c1-3-8-29-9-11-30(12-10-29)13-14-31(22-7-6-19-17-21(19)22)23(32)28-20(5-4-15-33)16-18(2)24(25,26)27;8-6-7-4-2-1-3-5-7/h4-5,16,19,21-22H,2-3,6-15,17,33H2,1H3,(H,28,32);1-5H/b5-4-,20-16+;. The molecule has 2 amide bonds. The fourth-order valence-corrected chi connectivity index (χ4v) is 5.71. The predicted octanol–water partition coefficient (Wildman–Crippen LogP) is 5.82. The van der Waals surface area contributed by atoms with Crippen LogP contribution >= 0.6 is 9.24 Å². The number of amides is 2. The molecule has 1 N–H and O–H groups in total. The molecule has 3 aliphatic rings. The molecule has 6 nitrogen and oxygen atoms in total. The Bertz CT molecular complexity index is 1090. The van der Waals surface area contributed by atoms with Crippen LogP contribution in [0.25, 0.3) is 0 Å². The van der Waals surface area contributed by atoms with Gasteiger partial charge >= 0.3 is 12.2 Å². The Morgan fingerprint density at radius 2 is 1.83 bits per heavy atom. The quantitative estimate of drug-likeness (QED) is 0.276. The van der Waals surface area contributed by atoms with E-state index in [2.05, 4.69) is 37.9 Å². The summed E-state index contributed by atoms with van der Waals surface area (Å²) in [6.07, 6.45) is 4.59. The van der Waals surface area contributed by atoms with Gasteiger partial charge in [0.05, 0.1) is 17.2 Å². The highest BCUT2D eigenvalue weighted by molar-refractivity contribution is 7.16. The van der Waals surface area contributed by atoms with Crippen molar-refractivity contribution in [2.45, 2.75) is 44.8 Å². The summed E-state index contributed by atoms with van der Waals surface area (Å²) in [5, 5.41) is 11.0. The number of nitriles is 1. The zero-order valence-electron chi connectivity index (χ0n) is 24.0. The number of halogens is 3. The number of rotatable bonds is 10. The van der Waals surface area contributed by atoms with Crippen LogP contribution in [0.1, 0.15) is 38.2 Å². The van der Waals surface area contributed by atoms with Gasteiger partial charge in [-0.1, -0.05) is 37.8 Å². The Hall–Kier alpha value is -2.66. The van der Waals surface area contributed by atoms with Gasteiger partial charge in [-0.25, -0.2) is 4.79 Å². The second kappa shape index (κ2) is 16.1. The number of hydrogen-bond donors (Lipinski definition) is 1. The van der Waals surface area contributed by atoms with E-state index < -0.39 is 11.7 Å². The van der Waals surface area contributed by atoms with Gasteiger partial charge in [-0.05, 0) is 74.5 Å². The van der Waals surface area contributed by atoms with Gasteiger partial charge < -0.3 is 15.1 Å². The van der Waals surface area contributed by atoms with Gasteiger partial charge in [0.15, 0.2) is 0 Å². The lowest BCUT2D eigenvalue weighted by Crippen LogP contribution is -2.52. The van der Waals surface area contributed by atoms with E-state index in [-0.39, 0.29) is 17.8 Å². The fraction of sp³-hybridized carbons (Fsp3) is 0.548. The number of nitrogens with one attached hydrogen (secondary N) is 1. The third-order valence-corrected chi connectivity index (χ3v) is 8.18. The molecule has 4 unspecified atom stereocenters. The molecule has 10 heteroatoms. The van der Waals surface area contributed by atoms with Crippen LogP contribution in [-0.4, -0.2) is 84.9 Å². The van der Waals surface area contributed by atoms with E-state index in [0.717, 1.165) is 71.0 Å². The second-order valence-corrected chi connectivity index (χ2v) is 11.3. The van der Waals surface area contributed by atoms with Gasteiger partial charge in [0.2, 0.25) is 0 Å². The lowest BCUT2D eigenvalue weighted by atomic mass is 10.1. The van der Waals surface area contributed by atoms with Crippen molar-refractivity contribution in [3.8, 4) is 6.07 Å². The minimum absolute atomic E-state index is 0.119. The second-order valence-electron chi connectivity index (χ2n) is 10.8. The van der Waals surface area contributed by atoms with Crippen LogP contribution in [0.5, 0.6) is 0 Å². The average Bonchev–Trinajstić information content (AvgIpc) is 3.63. The van der Waals surface area contributed by atoms with E-state index in [1.54, 1.807) is 18.2 Å². The lowest BCUT2D eigenvalue weighted by molar-refractivity contribution is -0.0879. The molecule has 1 aromatic rings. The minimum atomic E-state index is -4.53. The topological polar surface area (TPSA) is 62.6 Å². The predicted molar refractivity (Wildman–Crippen MR) is 161 cm³/mol. The Labute approximate surface area is 245 Å². The molecule has 41 heavy (non-hydrogen) atoms. The molecule has 0 spiro atoms. The highest BCUT2D eigenvalue weighted by Crippen LogP contribution is 2.53. The molecule has 2 saturated carbocycles. The molecule has 4 rings (SSSR count). The zero-order chi connectivity index (χ0) is 29.8. The van der Waals surface area contributed by atoms with E-state index in [9.17, 15) is 18.0 Å². The van der Waals surface area contributed by atoms with Crippen molar-refractivity contribution in [1.82, 2.24) is 20.0 Å². The zero-order valence-corrected chi connectivity index (χ0v) is 25.1. The number of carbonyl (C=O) groups excluding carboxylic acids is 1. The fourth-order valence-electron chi connectivity index (χ4n) is 5.58. The Kier molecular flexibility index (Phi) is 12.9. The van der Waals surface area contributed by atoms with E-state index in [1.807, 2.05) is 29.2 Å². The third kappa shape index (κ3) is 10.6. The first-order valence-corrected chi connectivity index (χ1v) is 15.3. The summed E-state index contributed by atoms with van der Waals surface area (Å²) in [5.74, 6) is 1.25. The molecule has 224 valence electrons. The first-order valence-electron chi connectivity index (χ1n) is 14.5. The van der Waals surface area contributed by atoms with E-state index >= 15 is 0 Å². The highest BCUT2D eigenvalue weighted by Gasteiger charge is 2.51. The Morgan fingerprint density at radius 1 is 1.17 bits per heavy atom. The molecule has 1 heterocycles. The van der Waals surface area contributed by atoms with Crippen LogP contribution in [0.3, 0.4) is 0 Å². The maximum absolute atomic E-state index is 13.3. The molecule has 0 aromatic heterocycles. The van der Waals surface area contributed by atoms with Crippen LogP contribution in [0.2, 0.25) is 0 Å². The summed E-state index contributed by atoms with van der Waals surface area (Å²) >= 11 is 0. The normalized spacial score (nSPS) is 22.8. The summed E-state index contributed by atoms with van der Waals surface area (Å²) in [6.45, 7) is 11.9. The third-order valence-electron chi connectivity index (χ3n) is 7.91. The summed E-state index contributed by atoms with van der Waals surface area (Å²) in [4.78, 5) is 20.0. The molecule has 1 aliphatic heterocycles. The van der Waals surface area contributed by atoms with E-state index in [1.165, 1.54) is 6.08 Å². The van der Waals surface area contributed by atoms with E-state index in [4.69, 9.17) is 5.26 Å². The first-order chi connectivity index (χ1) is 19.7. The number of allylic oxidation sites excluding steroid dienone is 4. The molecule has 2 aliphatic carbocycles. The number of hydrogen-bond acceptors (Lipinski definition) is 4. The number of nitrogens with zero attached hydrogens (tertiary/aromatic N) is 4. The molecule has 1 saturated heterocycles. The summed E-state index contributed by atoms with van der Waals surface area (Å²) in [7, 11) is 2.49. The molecule has 0 bridgehead atoms. The highest BCUT2D eigenvalue weighted by atomic mass is 31.0. The summed E-state index contributed by atoms with van der Waals surface area (Å²) < 4.78 is 39.1. The van der Waals surface area contributed by atoms with Gasteiger partial charge in [-0.15, -0.1) is 9.24 Å². The number of fused-ring (bicyclic) bond motifs is 1. The average molecular weight is 590 g/mol. The van der Waals surface area contributed by atoms with Crippen LogP contribution in [0, 0.1) is 23.2 Å². The van der Waals surface area contributed by atoms with Gasteiger partial charge in [-0.2, -0.15) is 18.4 Å². The number of piperazine rings is 1. The minimum Gasteiger partial charge on any atom is -0.320 e. The van der Waals surface area contributed by atoms with Crippen LogP contribution in [0.15, 0.2) is 66.4 Å². The van der Waals surface area contributed by atoms with Crippen molar-refractivity contribution in [2.75, 3.05) is 52.0 Å².